The third-order valence-electron chi connectivity index (χ3n) is 5.61. The molecule has 0 aliphatic carbocycles. The van der Waals surface area contributed by atoms with E-state index in [4.69, 9.17) is 5.10 Å². The van der Waals surface area contributed by atoms with Crippen LogP contribution in [0, 0.1) is 0 Å². The minimum Gasteiger partial charge on any atom is -0.322 e. The van der Waals surface area contributed by atoms with Crippen molar-refractivity contribution in [1.29, 1.82) is 0 Å². The zero-order valence-corrected chi connectivity index (χ0v) is 19.2. The third kappa shape index (κ3) is 4.28. The maximum absolute atomic E-state index is 12.8. The summed E-state index contributed by atoms with van der Waals surface area (Å²) in [5, 5.41) is 16.2. The molecule has 0 aliphatic heterocycles. The summed E-state index contributed by atoms with van der Waals surface area (Å²) in [5.41, 5.74) is 5.62. The molecule has 0 saturated heterocycles. The van der Waals surface area contributed by atoms with Crippen molar-refractivity contribution in [2.24, 2.45) is 0 Å². The maximum atomic E-state index is 12.8. The number of hydrogen-bond acceptors (Lipinski definition) is 5. The molecule has 3 heterocycles. The highest BCUT2D eigenvalue weighted by atomic mass is 16.1. The normalized spacial score (nSPS) is 11.5. The van der Waals surface area contributed by atoms with Crippen molar-refractivity contribution in [2.75, 3.05) is 5.32 Å². The highest BCUT2D eigenvalue weighted by Crippen LogP contribution is 2.25. The Labute approximate surface area is 197 Å². The summed E-state index contributed by atoms with van der Waals surface area (Å²) in [7, 11) is 0. The largest absolute Gasteiger partial charge is 0.322 e. The highest BCUT2D eigenvalue weighted by Gasteiger charge is 2.15. The second-order valence-electron chi connectivity index (χ2n) is 9.12. The molecule has 7 nitrogen and oxygen atoms in total. The van der Waals surface area contributed by atoms with E-state index in [9.17, 15) is 4.79 Å². The zero-order chi connectivity index (χ0) is 23.7. The van der Waals surface area contributed by atoms with Gasteiger partial charge in [-0.25, -0.2) is 0 Å². The lowest BCUT2D eigenvalue weighted by Gasteiger charge is -2.19. The van der Waals surface area contributed by atoms with Crippen molar-refractivity contribution in [3.05, 3.63) is 96.3 Å². The molecule has 0 radical (unpaired) electrons. The lowest BCUT2D eigenvalue weighted by Crippen LogP contribution is -2.14. The van der Waals surface area contributed by atoms with Gasteiger partial charge >= 0.3 is 0 Å². The predicted octanol–water partition coefficient (Wildman–Crippen LogP) is 5.40. The standard InChI is InChI=1S/C27H24N6O/c1-27(2,3)21-11-9-18(10-12-21)26(34)29-22-8-4-6-19(16-22)23-13-14-24-30-31-25(33(24)32-23)20-7-5-15-28-17-20/h4-17H,1-3H3,(H,29,34). The summed E-state index contributed by atoms with van der Waals surface area (Å²) in [6, 6.07) is 22.9. The number of nitrogens with zero attached hydrogens (tertiary/aromatic N) is 5. The van der Waals surface area contributed by atoms with Gasteiger partial charge in [-0.3, -0.25) is 9.78 Å². The number of amides is 1. The first kappa shape index (κ1) is 21.5. The Balaban J connectivity index is 1.41. The van der Waals surface area contributed by atoms with E-state index < -0.39 is 0 Å². The van der Waals surface area contributed by atoms with Gasteiger partial charge in [-0.2, -0.15) is 9.61 Å². The molecular formula is C27H24N6O. The topological polar surface area (TPSA) is 85.1 Å². The minimum absolute atomic E-state index is 0.0408. The van der Waals surface area contributed by atoms with Gasteiger partial charge in [0.25, 0.3) is 5.91 Å². The Kier molecular flexibility index (Phi) is 5.37. The highest BCUT2D eigenvalue weighted by molar-refractivity contribution is 6.04. The van der Waals surface area contributed by atoms with Crippen molar-refractivity contribution in [1.82, 2.24) is 24.8 Å². The van der Waals surface area contributed by atoms with Gasteiger partial charge in [-0.05, 0) is 59.5 Å². The summed E-state index contributed by atoms with van der Waals surface area (Å²) in [5.74, 6) is 0.465. The lowest BCUT2D eigenvalue weighted by molar-refractivity contribution is 0.102. The fourth-order valence-electron chi connectivity index (χ4n) is 3.70. The first-order valence-corrected chi connectivity index (χ1v) is 11.0. The Bertz CT molecular complexity index is 1470. The van der Waals surface area contributed by atoms with E-state index >= 15 is 0 Å². The molecule has 5 rings (SSSR count). The Morgan fingerprint density at radius 2 is 1.68 bits per heavy atom. The Morgan fingerprint density at radius 1 is 0.882 bits per heavy atom. The van der Waals surface area contributed by atoms with Crippen LogP contribution in [-0.4, -0.2) is 30.7 Å². The smallest absolute Gasteiger partial charge is 0.255 e. The van der Waals surface area contributed by atoms with E-state index in [1.807, 2.05) is 72.8 Å². The van der Waals surface area contributed by atoms with Gasteiger partial charge < -0.3 is 5.32 Å². The van der Waals surface area contributed by atoms with Crippen molar-refractivity contribution in [3.63, 3.8) is 0 Å². The summed E-state index contributed by atoms with van der Waals surface area (Å²) in [4.78, 5) is 17.0. The van der Waals surface area contributed by atoms with Crippen LogP contribution in [0.15, 0.2) is 85.2 Å². The number of carbonyl (C=O) groups is 1. The lowest BCUT2D eigenvalue weighted by atomic mass is 9.87. The fourth-order valence-corrected chi connectivity index (χ4v) is 3.70. The molecule has 1 N–H and O–H groups in total. The molecule has 0 fully saturated rings. The molecule has 0 atom stereocenters. The molecule has 0 bridgehead atoms. The SMILES string of the molecule is CC(C)(C)c1ccc(C(=O)Nc2cccc(-c3ccc4nnc(-c5cccnc5)n4n3)c2)cc1. The van der Waals surface area contributed by atoms with Crippen LogP contribution in [0.1, 0.15) is 36.7 Å². The molecule has 0 spiro atoms. The monoisotopic (exact) mass is 448 g/mol. The number of fused-ring (bicyclic) bond motifs is 1. The summed E-state index contributed by atoms with van der Waals surface area (Å²) in [6.07, 6.45) is 3.44. The van der Waals surface area contributed by atoms with E-state index in [0.29, 0.717) is 22.7 Å². The van der Waals surface area contributed by atoms with Gasteiger partial charge in [0.1, 0.15) is 0 Å². The molecule has 0 unspecified atom stereocenters. The van der Waals surface area contributed by atoms with Crippen LogP contribution in [0.25, 0.3) is 28.3 Å². The first-order chi connectivity index (χ1) is 16.4. The number of rotatable bonds is 4. The van der Waals surface area contributed by atoms with E-state index in [1.54, 1.807) is 16.9 Å². The molecule has 168 valence electrons. The molecule has 34 heavy (non-hydrogen) atoms. The minimum atomic E-state index is -0.154. The molecule has 0 aliphatic rings. The summed E-state index contributed by atoms with van der Waals surface area (Å²) >= 11 is 0. The fraction of sp³-hybridized carbons (Fsp3) is 0.148. The molecule has 2 aromatic carbocycles. The van der Waals surface area contributed by atoms with Gasteiger partial charge in [0.15, 0.2) is 11.5 Å². The molecule has 3 aromatic heterocycles. The van der Waals surface area contributed by atoms with Crippen molar-refractivity contribution in [3.8, 4) is 22.6 Å². The van der Waals surface area contributed by atoms with E-state index in [0.717, 1.165) is 16.8 Å². The van der Waals surface area contributed by atoms with Gasteiger partial charge in [0.05, 0.1) is 5.69 Å². The van der Waals surface area contributed by atoms with Gasteiger partial charge in [0, 0.05) is 34.8 Å². The van der Waals surface area contributed by atoms with Crippen molar-refractivity contribution in [2.45, 2.75) is 26.2 Å². The summed E-state index contributed by atoms with van der Waals surface area (Å²) < 4.78 is 1.70. The van der Waals surface area contributed by atoms with Crippen LogP contribution in [0.2, 0.25) is 0 Å². The predicted molar refractivity (Wildman–Crippen MR) is 133 cm³/mol. The average molecular weight is 449 g/mol. The second kappa shape index (κ2) is 8.51. The maximum Gasteiger partial charge on any atom is 0.255 e. The quantitative estimate of drug-likeness (QED) is 0.398. The van der Waals surface area contributed by atoms with Crippen LogP contribution >= 0.6 is 0 Å². The van der Waals surface area contributed by atoms with Crippen LogP contribution in [0.4, 0.5) is 5.69 Å². The van der Waals surface area contributed by atoms with E-state index in [1.165, 1.54) is 5.56 Å². The number of anilines is 1. The zero-order valence-electron chi connectivity index (χ0n) is 19.2. The van der Waals surface area contributed by atoms with E-state index in [2.05, 4.69) is 41.3 Å². The second-order valence-corrected chi connectivity index (χ2v) is 9.12. The average Bonchev–Trinajstić information content (AvgIpc) is 3.28. The van der Waals surface area contributed by atoms with Gasteiger partial charge in [-0.1, -0.05) is 45.0 Å². The van der Waals surface area contributed by atoms with Crippen LogP contribution in [0.5, 0.6) is 0 Å². The number of aromatic nitrogens is 5. The number of nitrogens with one attached hydrogen (secondary N) is 1. The number of benzene rings is 2. The summed E-state index contributed by atoms with van der Waals surface area (Å²) in [6.45, 7) is 6.45. The van der Waals surface area contributed by atoms with Crippen LogP contribution in [-0.2, 0) is 5.41 Å². The van der Waals surface area contributed by atoms with Crippen LogP contribution < -0.4 is 5.32 Å². The molecule has 7 heteroatoms. The number of pyridine rings is 1. The van der Waals surface area contributed by atoms with E-state index in [-0.39, 0.29) is 11.3 Å². The third-order valence-corrected chi connectivity index (χ3v) is 5.61. The van der Waals surface area contributed by atoms with Crippen molar-refractivity contribution >= 4 is 17.2 Å². The number of hydrogen-bond donors (Lipinski definition) is 1. The van der Waals surface area contributed by atoms with Crippen LogP contribution in [0.3, 0.4) is 0 Å². The van der Waals surface area contributed by atoms with Gasteiger partial charge in [-0.15, -0.1) is 10.2 Å². The van der Waals surface area contributed by atoms with Crippen molar-refractivity contribution < 1.29 is 4.79 Å². The molecule has 0 saturated carbocycles. The first-order valence-electron chi connectivity index (χ1n) is 11.0. The van der Waals surface area contributed by atoms with Gasteiger partial charge in [0.2, 0.25) is 0 Å². The molecule has 1 amide bonds. The number of carbonyl (C=O) groups excluding carboxylic acids is 1. The molecule has 5 aromatic rings. The molecular weight excluding hydrogens is 424 g/mol. The Hall–Kier alpha value is -4.39. The Morgan fingerprint density at radius 3 is 2.41 bits per heavy atom.